The Morgan fingerprint density at radius 3 is 2.96 bits per heavy atom. The molecule has 1 aromatic heterocycles. The van der Waals surface area contributed by atoms with Crippen LogP contribution in [0.3, 0.4) is 0 Å². The van der Waals surface area contributed by atoms with Crippen molar-refractivity contribution in [1.82, 2.24) is 14.9 Å². The second-order valence-electron chi connectivity index (χ2n) is 6.15. The van der Waals surface area contributed by atoms with Crippen molar-refractivity contribution in [1.29, 1.82) is 0 Å². The maximum atomic E-state index is 12.3. The number of nitrogens with one attached hydrogen (secondary N) is 1. The van der Waals surface area contributed by atoms with Crippen LogP contribution in [0, 0.1) is 5.92 Å². The molecule has 7 heteroatoms. The number of carbonyl (C=O) groups is 1. The minimum Gasteiger partial charge on any atom is -0.356 e. The summed E-state index contributed by atoms with van der Waals surface area (Å²) in [4.78, 5) is 16.9. The Kier molecular flexibility index (Phi) is 4.71. The van der Waals surface area contributed by atoms with Crippen LogP contribution < -0.4 is 5.32 Å². The first-order chi connectivity index (χ1) is 11.4. The second kappa shape index (κ2) is 6.76. The number of aryl methyl sites for hydroxylation is 1. The van der Waals surface area contributed by atoms with Crippen LogP contribution in [-0.2, 0) is 34.0 Å². The molecule has 0 bridgehead atoms. The first-order valence-electron chi connectivity index (χ1n) is 8.01. The molecule has 1 atom stereocenters. The molecule has 6 nitrogen and oxygen atoms in total. The van der Waals surface area contributed by atoms with Gasteiger partial charge in [-0.25, -0.2) is 13.4 Å². The molecule has 2 heterocycles. The van der Waals surface area contributed by atoms with Gasteiger partial charge in [-0.1, -0.05) is 18.2 Å². The Morgan fingerprint density at radius 1 is 1.38 bits per heavy atom. The molecule has 128 valence electrons. The molecule has 24 heavy (non-hydrogen) atoms. The van der Waals surface area contributed by atoms with Gasteiger partial charge in [0.15, 0.2) is 9.84 Å². The maximum Gasteiger partial charge on any atom is 0.223 e. The van der Waals surface area contributed by atoms with Crippen molar-refractivity contribution in [2.75, 3.05) is 12.8 Å². The third kappa shape index (κ3) is 3.67. The molecule has 1 amide bonds. The fourth-order valence-electron chi connectivity index (χ4n) is 3.11. The number of fused-ring (bicyclic) bond motifs is 1. The number of hydrogen-bond donors (Lipinski definition) is 1. The van der Waals surface area contributed by atoms with Crippen molar-refractivity contribution >= 4 is 15.7 Å². The minimum absolute atomic E-state index is 0.0149. The number of sulfone groups is 1. The van der Waals surface area contributed by atoms with Crippen LogP contribution >= 0.6 is 0 Å². The van der Waals surface area contributed by atoms with Crippen LogP contribution in [0.1, 0.15) is 17.8 Å². The molecule has 0 spiro atoms. The van der Waals surface area contributed by atoms with Gasteiger partial charge in [0.2, 0.25) is 5.91 Å². The van der Waals surface area contributed by atoms with E-state index in [9.17, 15) is 13.2 Å². The van der Waals surface area contributed by atoms with E-state index < -0.39 is 9.84 Å². The average molecular weight is 347 g/mol. The SMILES string of the molecule is CS(=O)(=O)c1ccccc1CCNC(=O)C1CCn2ccnc2C1. The van der Waals surface area contributed by atoms with Gasteiger partial charge in [0, 0.05) is 44.1 Å². The fourth-order valence-corrected chi connectivity index (χ4v) is 4.08. The summed E-state index contributed by atoms with van der Waals surface area (Å²) >= 11 is 0. The molecular weight excluding hydrogens is 326 g/mol. The van der Waals surface area contributed by atoms with Gasteiger partial charge in [0.05, 0.1) is 4.90 Å². The number of imidazole rings is 1. The Labute approximate surface area is 141 Å². The van der Waals surface area contributed by atoms with Gasteiger partial charge in [-0.15, -0.1) is 0 Å². The molecule has 1 aliphatic heterocycles. The maximum absolute atomic E-state index is 12.3. The van der Waals surface area contributed by atoms with Crippen molar-refractivity contribution in [2.24, 2.45) is 5.92 Å². The summed E-state index contributed by atoms with van der Waals surface area (Å²) in [6.07, 6.45) is 6.85. The highest BCUT2D eigenvalue weighted by molar-refractivity contribution is 7.90. The van der Waals surface area contributed by atoms with E-state index >= 15 is 0 Å². The van der Waals surface area contributed by atoms with Crippen LogP contribution in [0.4, 0.5) is 0 Å². The normalized spacial score (nSPS) is 17.3. The first kappa shape index (κ1) is 16.7. The highest BCUT2D eigenvalue weighted by atomic mass is 32.2. The zero-order valence-corrected chi connectivity index (χ0v) is 14.4. The van der Waals surface area contributed by atoms with Crippen molar-refractivity contribution in [3.05, 3.63) is 48.0 Å². The lowest BCUT2D eigenvalue weighted by Gasteiger charge is -2.22. The topological polar surface area (TPSA) is 81.1 Å². The number of hydrogen-bond acceptors (Lipinski definition) is 4. The molecule has 0 fully saturated rings. The fraction of sp³-hybridized carbons (Fsp3) is 0.412. The number of carbonyl (C=O) groups excluding carboxylic acids is 1. The molecule has 2 aromatic rings. The Morgan fingerprint density at radius 2 is 2.17 bits per heavy atom. The van der Waals surface area contributed by atoms with Crippen molar-refractivity contribution in [3.8, 4) is 0 Å². The molecule has 0 saturated heterocycles. The number of benzene rings is 1. The van der Waals surface area contributed by atoms with E-state index in [0.29, 0.717) is 24.3 Å². The van der Waals surface area contributed by atoms with E-state index in [1.165, 1.54) is 6.26 Å². The van der Waals surface area contributed by atoms with E-state index in [4.69, 9.17) is 0 Å². The van der Waals surface area contributed by atoms with Gasteiger partial charge in [-0.05, 0) is 24.5 Å². The zero-order valence-electron chi connectivity index (χ0n) is 13.6. The van der Waals surface area contributed by atoms with E-state index in [-0.39, 0.29) is 11.8 Å². The smallest absolute Gasteiger partial charge is 0.223 e. The molecule has 1 aliphatic rings. The van der Waals surface area contributed by atoms with Gasteiger partial charge in [-0.2, -0.15) is 0 Å². The summed E-state index contributed by atoms with van der Waals surface area (Å²) < 4.78 is 25.7. The summed E-state index contributed by atoms with van der Waals surface area (Å²) in [5.41, 5.74) is 0.736. The molecule has 0 saturated carbocycles. The summed E-state index contributed by atoms with van der Waals surface area (Å²) in [6, 6.07) is 6.92. The van der Waals surface area contributed by atoms with E-state index in [1.807, 2.05) is 12.3 Å². The molecule has 1 unspecified atom stereocenters. The Balaban J connectivity index is 1.57. The van der Waals surface area contributed by atoms with Gasteiger partial charge in [-0.3, -0.25) is 4.79 Å². The number of amides is 1. The molecule has 1 N–H and O–H groups in total. The van der Waals surface area contributed by atoms with Crippen molar-refractivity contribution in [2.45, 2.75) is 30.7 Å². The summed E-state index contributed by atoms with van der Waals surface area (Å²) in [5, 5.41) is 2.93. The van der Waals surface area contributed by atoms with Crippen molar-refractivity contribution < 1.29 is 13.2 Å². The molecule has 0 radical (unpaired) electrons. The van der Waals surface area contributed by atoms with E-state index in [0.717, 1.165) is 24.4 Å². The Hall–Kier alpha value is -2.15. The summed E-state index contributed by atoms with van der Waals surface area (Å²) in [7, 11) is -3.26. The second-order valence-corrected chi connectivity index (χ2v) is 8.13. The molecule has 3 rings (SSSR count). The van der Waals surface area contributed by atoms with Crippen LogP contribution in [-0.4, -0.2) is 36.7 Å². The highest BCUT2D eigenvalue weighted by Crippen LogP contribution is 2.19. The first-order valence-corrected chi connectivity index (χ1v) is 9.90. The minimum atomic E-state index is -3.26. The average Bonchev–Trinajstić information content (AvgIpc) is 3.01. The van der Waals surface area contributed by atoms with E-state index in [2.05, 4.69) is 14.9 Å². The standard InChI is InChI=1S/C17H21N3O3S/c1-24(22,23)15-5-3-2-4-13(15)6-8-19-17(21)14-7-10-20-11-9-18-16(20)12-14/h2-5,9,11,14H,6-8,10,12H2,1H3,(H,19,21). The number of nitrogens with zero attached hydrogens (tertiary/aromatic N) is 2. The predicted octanol–water partition coefficient (Wildman–Crippen LogP) is 1.21. The summed E-state index contributed by atoms with van der Waals surface area (Å²) in [6.45, 7) is 1.24. The van der Waals surface area contributed by atoms with Gasteiger partial charge in [0.1, 0.15) is 5.82 Å². The third-order valence-corrected chi connectivity index (χ3v) is 5.58. The van der Waals surface area contributed by atoms with Crippen LogP contribution in [0.5, 0.6) is 0 Å². The predicted molar refractivity (Wildman–Crippen MR) is 90.3 cm³/mol. The monoisotopic (exact) mass is 347 g/mol. The summed E-state index contributed by atoms with van der Waals surface area (Å²) in [5.74, 6) is 0.898. The van der Waals surface area contributed by atoms with Gasteiger partial charge < -0.3 is 9.88 Å². The Bertz CT molecular complexity index is 842. The molecule has 0 aliphatic carbocycles. The largest absolute Gasteiger partial charge is 0.356 e. The van der Waals surface area contributed by atoms with Crippen molar-refractivity contribution in [3.63, 3.8) is 0 Å². The lowest BCUT2D eigenvalue weighted by Crippen LogP contribution is -2.36. The highest BCUT2D eigenvalue weighted by Gasteiger charge is 2.25. The number of aromatic nitrogens is 2. The lowest BCUT2D eigenvalue weighted by atomic mass is 9.97. The van der Waals surface area contributed by atoms with E-state index in [1.54, 1.807) is 24.4 Å². The molecular formula is C17H21N3O3S. The third-order valence-electron chi connectivity index (χ3n) is 4.39. The lowest BCUT2D eigenvalue weighted by molar-refractivity contribution is -0.125. The van der Waals surface area contributed by atoms with Crippen LogP contribution in [0.15, 0.2) is 41.6 Å². The zero-order chi connectivity index (χ0) is 17.2. The van der Waals surface area contributed by atoms with Crippen LogP contribution in [0.25, 0.3) is 0 Å². The van der Waals surface area contributed by atoms with Gasteiger partial charge >= 0.3 is 0 Å². The van der Waals surface area contributed by atoms with Gasteiger partial charge in [0.25, 0.3) is 0 Å². The quantitative estimate of drug-likeness (QED) is 0.881. The molecule has 1 aromatic carbocycles. The number of rotatable bonds is 5. The van der Waals surface area contributed by atoms with Crippen LogP contribution in [0.2, 0.25) is 0 Å².